The van der Waals surface area contributed by atoms with Crippen molar-refractivity contribution in [2.75, 3.05) is 45.5 Å². The summed E-state index contributed by atoms with van der Waals surface area (Å²) in [5, 5.41) is 3.06. The van der Waals surface area contributed by atoms with Crippen molar-refractivity contribution in [3.8, 4) is 0 Å². The van der Waals surface area contributed by atoms with Crippen molar-refractivity contribution in [1.82, 2.24) is 19.8 Å². The van der Waals surface area contributed by atoms with Crippen molar-refractivity contribution in [2.45, 2.75) is 38.3 Å². The molecule has 1 unspecified atom stereocenters. The summed E-state index contributed by atoms with van der Waals surface area (Å²) in [7, 11) is -3.08. The largest absolute Gasteiger partial charge is 0.352 e. The third-order valence-corrected chi connectivity index (χ3v) is 5.00. The molecule has 2 aliphatic rings. The van der Waals surface area contributed by atoms with Crippen LogP contribution in [0.1, 0.15) is 26.2 Å². The Hall–Kier alpha value is -0.700. The van der Waals surface area contributed by atoms with Gasteiger partial charge < -0.3 is 10.2 Å². The van der Waals surface area contributed by atoms with Crippen molar-refractivity contribution in [2.24, 2.45) is 0 Å². The zero-order valence-electron chi connectivity index (χ0n) is 13.5. The molecular formula is C14H28N4O3S. The summed E-state index contributed by atoms with van der Waals surface area (Å²) in [6.45, 7) is 6.99. The summed E-state index contributed by atoms with van der Waals surface area (Å²) in [6, 6.07) is 0.355. The molecule has 1 amide bonds. The summed E-state index contributed by atoms with van der Waals surface area (Å²) in [5.74, 6) is 0.147. The SMILES string of the molecule is CC(C(=O)NC1CC1)N1CCN(CCCNS(C)(=O)=O)CC1. The van der Waals surface area contributed by atoms with Crippen LogP contribution in [-0.2, 0) is 14.8 Å². The first kappa shape index (κ1) is 17.7. The smallest absolute Gasteiger partial charge is 0.237 e. The van der Waals surface area contributed by atoms with Crippen LogP contribution in [0.5, 0.6) is 0 Å². The van der Waals surface area contributed by atoms with Gasteiger partial charge in [0.2, 0.25) is 15.9 Å². The highest BCUT2D eigenvalue weighted by Gasteiger charge is 2.29. The highest BCUT2D eigenvalue weighted by atomic mass is 32.2. The zero-order chi connectivity index (χ0) is 16.2. The molecule has 0 aromatic rings. The molecule has 7 nitrogen and oxygen atoms in total. The first-order valence-corrected chi connectivity index (χ1v) is 9.96. The third kappa shape index (κ3) is 6.20. The Bertz CT molecular complexity index is 470. The zero-order valence-corrected chi connectivity index (χ0v) is 14.4. The maximum atomic E-state index is 12.0. The van der Waals surface area contributed by atoms with Crippen LogP contribution in [0.4, 0.5) is 0 Å². The van der Waals surface area contributed by atoms with Crippen LogP contribution in [0, 0.1) is 0 Å². The van der Waals surface area contributed by atoms with Crippen molar-refractivity contribution in [1.29, 1.82) is 0 Å². The van der Waals surface area contributed by atoms with E-state index in [1.807, 2.05) is 6.92 Å². The number of carbonyl (C=O) groups excluding carboxylic acids is 1. The second-order valence-corrected chi connectivity index (χ2v) is 8.19. The molecule has 1 saturated heterocycles. The minimum Gasteiger partial charge on any atom is -0.352 e. The number of nitrogens with zero attached hydrogens (tertiary/aromatic N) is 2. The highest BCUT2D eigenvalue weighted by molar-refractivity contribution is 7.88. The number of sulfonamides is 1. The lowest BCUT2D eigenvalue weighted by molar-refractivity contribution is -0.126. The van der Waals surface area contributed by atoms with Crippen LogP contribution < -0.4 is 10.0 Å². The summed E-state index contributed by atoms with van der Waals surface area (Å²) in [6.07, 6.45) is 4.23. The van der Waals surface area contributed by atoms with E-state index in [9.17, 15) is 13.2 Å². The quantitative estimate of drug-likeness (QED) is 0.569. The van der Waals surface area contributed by atoms with Gasteiger partial charge in [-0.2, -0.15) is 0 Å². The van der Waals surface area contributed by atoms with Gasteiger partial charge in [-0.1, -0.05) is 0 Å². The normalized spacial score (nSPS) is 22.5. The van der Waals surface area contributed by atoms with Crippen LogP contribution in [0.15, 0.2) is 0 Å². The van der Waals surface area contributed by atoms with E-state index in [0.717, 1.165) is 52.0 Å². The lowest BCUT2D eigenvalue weighted by Gasteiger charge is -2.37. The monoisotopic (exact) mass is 332 g/mol. The van der Waals surface area contributed by atoms with E-state index in [0.29, 0.717) is 12.6 Å². The maximum absolute atomic E-state index is 12.0. The Morgan fingerprint density at radius 3 is 2.41 bits per heavy atom. The number of piperazine rings is 1. The average molecular weight is 332 g/mol. The molecule has 8 heteroatoms. The summed E-state index contributed by atoms with van der Waals surface area (Å²) in [5.41, 5.74) is 0. The molecule has 1 aliphatic heterocycles. The summed E-state index contributed by atoms with van der Waals surface area (Å²) >= 11 is 0. The molecule has 128 valence electrons. The number of hydrogen-bond donors (Lipinski definition) is 2. The van der Waals surface area contributed by atoms with E-state index in [1.54, 1.807) is 0 Å². The van der Waals surface area contributed by atoms with E-state index in [4.69, 9.17) is 0 Å². The van der Waals surface area contributed by atoms with Gasteiger partial charge in [0.05, 0.1) is 12.3 Å². The lowest BCUT2D eigenvalue weighted by Crippen LogP contribution is -2.54. The topological polar surface area (TPSA) is 81.8 Å². The van der Waals surface area contributed by atoms with Gasteiger partial charge in [-0.15, -0.1) is 0 Å². The second kappa shape index (κ2) is 7.72. The van der Waals surface area contributed by atoms with Crippen molar-refractivity contribution >= 4 is 15.9 Å². The van der Waals surface area contributed by atoms with E-state index in [2.05, 4.69) is 19.8 Å². The first-order chi connectivity index (χ1) is 10.3. The Kier molecular flexibility index (Phi) is 6.19. The molecule has 2 fully saturated rings. The minimum absolute atomic E-state index is 0.0605. The fraction of sp³-hybridized carbons (Fsp3) is 0.929. The molecule has 0 bridgehead atoms. The summed E-state index contributed by atoms with van der Waals surface area (Å²) < 4.78 is 24.5. The molecule has 0 aromatic carbocycles. The van der Waals surface area contributed by atoms with Gasteiger partial charge in [-0.05, 0) is 32.7 Å². The average Bonchev–Trinajstić information content (AvgIpc) is 3.26. The van der Waals surface area contributed by atoms with E-state index >= 15 is 0 Å². The van der Waals surface area contributed by atoms with Crippen LogP contribution in [0.3, 0.4) is 0 Å². The lowest BCUT2D eigenvalue weighted by atomic mass is 10.2. The molecule has 22 heavy (non-hydrogen) atoms. The Morgan fingerprint density at radius 2 is 1.86 bits per heavy atom. The molecule has 1 heterocycles. The molecule has 1 saturated carbocycles. The van der Waals surface area contributed by atoms with Crippen LogP contribution in [0.2, 0.25) is 0 Å². The van der Waals surface area contributed by atoms with Crippen molar-refractivity contribution in [3.63, 3.8) is 0 Å². The van der Waals surface area contributed by atoms with Gasteiger partial charge >= 0.3 is 0 Å². The minimum atomic E-state index is -3.08. The fourth-order valence-corrected chi connectivity index (χ4v) is 3.16. The Labute approximate surface area is 133 Å². The predicted octanol–water partition coefficient (Wildman–Crippen LogP) is -0.790. The molecule has 1 aliphatic carbocycles. The summed E-state index contributed by atoms with van der Waals surface area (Å²) in [4.78, 5) is 16.6. The second-order valence-electron chi connectivity index (χ2n) is 6.36. The van der Waals surface area contributed by atoms with E-state index < -0.39 is 10.0 Å². The predicted molar refractivity (Wildman–Crippen MR) is 86.1 cm³/mol. The van der Waals surface area contributed by atoms with Gasteiger partial charge in [0, 0.05) is 38.8 Å². The standard InChI is InChI=1S/C14H28N4O3S/c1-12(14(19)16-13-4-5-13)18-10-8-17(9-11-18)7-3-6-15-22(2,20)21/h12-13,15H,3-11H2,1-2H3,(H,16,19). The number of hydrogen-bond acceptors (Lipinski definition) is 5. The van der Waals surface area contributed by atoms with E-state index in [-0.39, 0.29) is 11.9 Å². The van der Waals surface area contributed by atoms with Gasteiger partial charge in [-0.25, -0.2) is 13.1 Å². The molecular weight excluding hydrogens is 304 g/mol. The van der Waals surface area contributed by atoms with E-state index in [1.165, 1.54) is 6.26 Å². The molecule has 0 spiro atoms. The molecule has 1 atom stereocenters. The van der Waals surface area contributed by atoms with Crippen molar-refractivity contribution < 1.29 is 13.2 Å². The number of rotatable bonds is 8. The van der Waals surface area contributed by atoms with Crippen LogP contribution in [-0.4, -0.2) is 81.7 Å². The van der Waals surface area contributed by atoms with Gasteiger partial charge in [0.15, 0.2) is 0 Å². The van der Waals surface area contributed by atoms with Gasteiger partial charge in [-0.3, -0.25) is 9.69 Å². The Balaban J connectivity index is 1.61. The fourth-order valence-electron chi connectivity index (χ4n) is 2.65. The third-order valence-electron chi connectivity index (χ3n) is 4.27. The highest BCUT2D eigenvalue weighted by Crippen LogP contribution is 2.19. The molecule has 0 aromatic heterocycles. The molecule has 0 radical (unpaired) electrons. The number of amides is 1. The van der Waals surface area contributed by atoms with Gasteiger partial charge in [0.25, 0.3) is 0 Å². The van der Waals surface area contributed by atoms with Gasteiger partial charge in [0.1, 0.15) is 0 Å². The molecule has 2 N–H and O–H groups in total. The number of carbonyl (C=O) groups is 1. The van der Waals surface area contributed by atoms with Crippen molar-refractivity contribution in [3.05, 3.63) is 0 Å². The number of nitrogens with one attached hydrogen (secondary N) is 2. The first-order valence-electron chi connectivity index (χ1n) is 8.06. The maximum Gasteiger partial charge on any atom is 0.237 e. The van der Waals surface area contributed by atoms with Crippen LogP contribution in [0.25, 0.3) is 0 Å². The molecule has 2 rings (SSSR count). The Morgan fingerprint density at radius 1 is 1.23 bits per heavy atom. The van der Waals surface area contributed by atoms with Crippen LogP contribution >= 0.6 is 0 Å².